The van der Waals surface area contributed by atoms with Gasteiger partial charge in [-0.15, -0.1) is 0 Å². The number of aryl methyl sites for hydroxylation is 1. The van der Waals surface area contributed by atoms with Crippen LogP contribution < -0.4 is 5.32 Å². The van der Waals surface area contributed by atoms with Crippen LogP contribution >= 0.6 is 0 Å². The maximum absolute atomic E-state index is 13.4. The molecule has 6 heteroatoms. The molecule has 0 unspecified atom stereocenters. The van der Waals surface area contributed by atoms with E-state index in [1.165, 1.54) is 12.5 Å². The lowest BCUT2D eigenvalue weighted by Gasteiger charge is -2.38. The highest BCUT2D eigenvalue weighted by Gasteiger charge is 2.28. The number of hydrogen-bond donors (Lipinski definition) is 1. The molecule has 0 spiro atoms. The summed E-state index contributed by atoms with van der Waals surface area (Å²) in [4.78, 5) is 33.8. The Morgan fingerprint density at radius 1 is 1.00 bits per heavy atom. The molecule has 1 aliphatic rings. The van der Waals surface area contributed by atoms with Gasteiger partial charge in [0.2, 0.25) is 0 Å². The van der Waals surface area contributed by atoms with E-state index >= 15 is 0 Å². The molecule has 1 aromatic heterocycles. The van der Waals surface area contributed by atoms with E-state index in [1.54, 1.807) is 24.4 Å². The summed E-state index contributed by atoms with van der Waals surface area (Å²) >= 11 is 0. The number of amides is 2. The van der Waals surface area contributed by atoms with E-state index in [2.05, 4.69) is 45.5 Å². The molecule has 0 aliphatic carbocycles. The molecule has 0 saturated carbocycles. The molecule has 182 valence electrons. The molecule has 1 fully saturated rings. The SMILES string of the molecule is CC(=O)c1cccc(NC(=O)N(Cc2cccnc2)C2CCN(CCCc3ccccc3)CC2)c1. The number of rotatable bonds is 9. The van der Waals surface area contributed by atoms with Gasteiger partial charge in [-0.1, -0.05) is 48.5 Å². The van der Waals surface area contributed by atoms with Crippen LogP contribution in [0.1, 0.15) is 47.7 Å². The van der Waals surface area contributed by atoms with Gasteiger partial charge in [0.05, 0.1) is 0 Å². The minimum Gasteiger partial charge on any atom is -0.317 e. The summed E-state index contributed by atoms with van der Waals surface area (Å²) in [7, 11) is 0. The Bertz CT molecular complexity index is 1100. The van der Waals surface area contributed by atoms with Crippen LogP contribution in [0.5, 0.6) is 0 Å². The van der Waals surface area contributed by atoms with E-state index < -0.39 is 0 Å². The highest BCUT2D eigenvalue weighted by atomic mass is 16.2. The second-order valence-corrected chi connectivity index (χ2v) is 9.22. The number of benzene rings is 2. The summed E-state index contributed by atoms with van der Waals surface area (Å²) < 4.78 is 0. The molecule has 3 aromatic rings. The first-order valence-corrected chi connectivity index (χ1v) is 12.4. The first-order valence-electron chi connectivity index (χ1n) is 12.4. The molecule has 0 atom stereocenters. The first kappa shape index (κ1) is 24.6. The van der Waals surface area contributed by atoms with E-state index in [0.29, 0.717) is 17.8 Å². The van der Waals surface area contributed by atoms with Crippen molar-refractivity contribution < 1.29 is 9.59 Å². The number of likely N-dealkylation sites (tertiary alicyclic amines) is 1. The predicted molar refractivity (Wildman–Crippen MR) is 139 cm³/mol. The van der Waals surface area contributed by atoms with Crippen LogP contribution in [-0.2, 0) is 13.0 Å². The molecule has 0 radical (unpaired) electrons. The van der Waals surface area contributed by atoms with Crippen LogP contribution in [0.25, 0.3) is 0 Å². The van der Waals surface area contributed by atoms with Crippen molar-refractivity contribution in [1.29, 1.82) is 0 Å². The van der Waals surface area contributed by atoms with E-state index in [4.69, 9.17) is 0 Å². The highest BCUT2D eigenvalue weighted by molar-refractivity contribution is 5.96. The standard InChI is InChI=1S/C29H34N4O2/c1-23(34)26-12-5-13-27(20-26)31-29(35)33(22-25-10-6-16-30-21-25)28-14-18-32(19-15-28)17-7-11-24-8-3-2-4-9-24/h2-6,8-10,12-13,16,20-21,28H,7,11,14-15,17-19,22H2,1H3,(H,31,35). The van der Waals surface area contributed by atoms with Crippen LogP contribution in [0.3, 0.4) is 0 Å². The number of hydrogen-bond acceptors (Lipinski definition) is 4. The van der Waals surface area contributed by atoms with E-state index in [0.717, 1.165) is 50.9 Å². The minimum absolute atomic E-state index is 0.0204. The molecule has 35 heavy (non-hydrogen) atoms. The maximum atomic E-state index is 13.4. The second kappa shape index (κ2) is 12.3. The molecule has 1 aliphatic heterocycles. The van der Waals surface area contributed by atoms with Crippen molar-refractivity contribution in [3.63, 3.8) is 0 Å². The number of Topliss-reactive ketones (excluding diaryl/α,β-unsaturated/α-hetero) is 1. The molecule has 1 saturated heterocycles. The van der Waals surface area contributed by atoms with E-state index in [1.807, 2.05) is 29.3 Å². The fourth-order valence-electron chi connectivity index (χ4n) is 4.67. The third-order valence-corrected chi connectivity index (χ3v) is 6.64. The summed E-state index contributed by atoms with van der Waals surface area (Å²) in [6.07, 6.45) is 7.67. The lowest BCUT2D eigenvalue weighted by atomic mass is 10.0. The number of carbonyl (C=O) groups excluding carboxylic acids is 2. The van der Waals surface area contributed by atoms with Crippen molar-refractivity contribution in [2.45, 2.75) is 45.2 Å². The Hall–Kier alpha value is -3.51. The van der Waals surface area contributed by atoms with Crippen LogP contribution in [0.15, 0.2) is 79.1 Å². The van der Waals surface area contributed by atoms with Crippen molar-refractivity contribution in [3.8, 4) is 0 Å². The number of anilines is 1. The zero-order chi connectivity index (χ0) is 24.5. The Morgan fingerprint density at radius 3 is 2.49 bits per heavy atom. The van der Waals surface area contributed by atoms with Crippen LogP contribution in [0.2, 0.25) is 0 Å². The van der Waals surface area contributed by atoms with Gasteiger partial charge in [0.15, 0.2) is 5.78 Å². The smallest absolute Gasteiger partial charge is 0.317 e. The van der Waals surface area contributed by atoms with Gasteiger partial charge < -0.3 is 15.1 Å². The Balaban J connectivity index is 1.37. The number of ketones is 1. The predicted octanol–water partition coefficient (Wildman–Crippen LogP) is 5.42. The summed E-state index contributed by atoms with van der Waals surface area (Å²) in [6, 6.07) is 21.7. The third-order valence-electron chi connectivity index (χ3n) is 6.64. The van der Waals surface area contributed by atoms with E-state index in [-0.39, 0.29) is 17.9 Å². The number of urea groups is 1. The number of piperidine rings is 1. The quantitative estimate of drug-likeness (QED) is 0.425. The molecule has 2 heterocycles. The summed E-state index contributed by atoms with van der Waals surface area (Å²) in [5, 5.41) is 3.02. The average molecular weight is 471 g/mol. The fraction of sp³-hybridized carbons (Fsp3) is 0.345. The number of aromatic nitrogens is 1. The lowest BCUT2D eigenvalue weighted by molar-refractivity contribution is 0.101. The maximum Gasteiger partial charge on any atom is 0.322 e. The fourth-order valence-corrected chi connectivity index (χ4v) is 4.67. The molecule has 2 amide bonds. The zero-order valence-corrected chi connectivity index (χ0v) is 20.4. The molecular weight excluding hydrogens is 436 g/mol. The summed E-state index contributed by atoms with van der Waals surface area (Å²) in [6.45, 7) is 5.08. The number of nitrogens with one attached hydrogen (secondary N) is 1. The Kier molecular flexibility index (Phi) is 8.63. The van der Waals surface area contributed by atoms with Crippen molar-refractivity contribution in [3.05, 3.63) is 95.8 Å². The van der Waals surface area contributed by atoms with Crippen molar-refractivity contribution >= 4 is 17.5 Å². The van der Waals surface area contributed by atoms with Gasteiger partial charge in [0.1, 0.15) is 0 Å². The largest absolute Gasteiger partial charge is 0.322 e. The van der Waals surface area contributed by atoms with Gasteiger partial charge in [-0.05, 0) is 68.5 Å². The van der Waals surface area contributed by atoms with Gasteiger partial charge in [0, 0.05) is 49.3 Å². The zero-order valence-electron chi connectivity index (χ0n) is 20.4. The monoisotopic (exact) mass is 470 g/mol. The van der Waals surface area contributed by atoms with E-state index in [9.17, 15) is 9.59 Å². The second-order valence-electron chi connectivity index (χ2n) is 9.22. The number of carbonyl (C=O) groups is 2. The Morgan fingerprint density at radius 2 is 1.77 bits per heavy atom. The topological polar surface area (TPSA) is 65.5 Å². The molecular formula is C29H34N4O2. The number of nitrogens with zero attached hydrogens (tertiary/aromatic N) is 3. The number of pyridine rings is 1. The third kappa shape index (κ3) is 7.23. The van der Waals surface area contributed by atoms with Gasteiger partial charge in [-0.2, -0.15) is 0 Å². The molecule has 0 bridgehead atoms. The molecule has 2 aromatic carbocycles. The minimum atomic E-state index is -0.142. The van der Waals surface area contributed by atoms with Gasteiger partial charge in [0.25, 0.3) is 0 Å². The van der Waals surface area contributed by atoms with Crippen molar-refractivity contribution in [2.75, 3.05) is 25.0 Å². The highest BCUT2D eigenvalue weighted by Crippen LogP contribution is 2.21. The normalized spacial score (nSPS) is 14.4. The van der Waals surface area contributed by atoms with Gasteiger partial charge >= 0.3 is 6.03 Å². The average Bonchev–Trinajstić information content (AvgIpc) is 2.89. The Labute approximate surface area is 208 Å². The molecule has 1 N–H and O–H groups in total. The first-order chi connectivity index (χ1) is 17.1. The van der Waals surface area contributed by atoms with Gasteiger partial charge in [-0.3, -0.25) is 9.78 Å². The lowest BCUT2D eigenvalue weighted by Crippen LogP contribution is -2.48. The van der Waals surface area contributed by atoms with Crippen LogP contribution in [0.4, 0.5) is 10.5 Å². The van der Waals surface area contributed by atoms with Crippen LogP contribution in [-0.4, -0.2) is 52.3 Å². The van der Waals surface area contributed by atoms with Crippen LogP contribution in [0, 0.1) is 0 Å². The summed E-state index contributed by atoms with van der Waals surface area (Å²) in [5.41, 5.74) is 3.61. The van der Waals surface area contributed by atoms with Gasteiger partial charge in [-0.25, -0.2) is 4.79 Å². The molecule has 6 nitrogen and oxygen atoms in total. The summed E-state index contributed by atoms with van der Waals surface area (Å²) in [5.74, 6) is -0.0204. The van der Waals surface area contributed by atoms with Crippen molar-refractivity contribution in [1.82, 2.24) is 14.8 Å². The molecule has 4 rings (SSSR count). The van der Waals surface area contributed by atoms with Crippen molar-refractivity contribution in [2.24, 2.45) is 0 Å².